The Kier molecular flexibility index (Phi) is 2.90. The average molecular weight is 208 g/mol. The van der Waals surface area contributed by atoms with E-state index >= 15 is 0 Å². The van der Waals surface area contributed by atoms with Gasteiger partial charge in [0.2, 0.25) is 0 Å². The largest absolute Gasteiger partial charge is 0.385 e. The third-order valence-electron chi connectivity index (χ3n) is 3.29. The third-order valence-corrected chi connectivity index (χ3v) is 3.29. The Morgan fingerprint density at radius 1 is 1.13 bits per heavy atom. The van der Waals surface area contributed by atoms with Crippen molar-refractivity contribution >= 4 is 0 Å². The molecule has 0 aliphatic heterocycles. The van der Waals surface area contributed by atoms with Gasteiger partial charge < -0.3 is 5.11 Å². The molecule has 1 aliphatic carbocycles. The van der Waals surface area contributed by atoms with Gasteiger partial charge in [0, 0.05) is 0 Å². The van der Waals surface area contributed by atoms with E-state index in [1.807, 2.05) is 6.08 Å². The van der Waals surface area contributed by atoms with Gasteiger partial charge in [0.1, 0.15) is 0 Å². The highest BCUT2D eigenvalue weighted by molar-refractivity contribution is 5.33. The molecule has 1 rings (SSSR count). The molecule has 0 spiro atoms. The van der Waals surface area contributed by atoms with E-state index in [1.54, 1.807) is 0 Å². The molecule has 1 atom stereocenters. The van der Waals surface area contributed by atoms with Gasteiger partial charge in [-0.3, -0.25) is 0 Å². The van der Waals surface area contributed by atoms with Crippen molar-refractivity contribution in [1.82, 2.24) is 0 Å². The Balaban J connectivity index is 3.10. The number of aliphatic hydroxyl groups is 1. The van der Waals surface area contributed by atoms with Crippen molar-refractivity contribution < 1.29 is 5.11 Å². The first-order chi connectivity index (χ1) is 6.56. The van der Waals surface area contributed by atoms with E-state index in [4.69, 9.17) is 0 Å². The van der Waals surface area contributed by atoms with Gasteiger partial charge >= 0.3 is 0 Å². The molecule has 0 radical (unpaired) electrons. The van der Waals surface area contributed by atoms with Crippen LogP contribution in [0.25, 0.3) is 0 Å². The molecule has 0 amide bonds. The molecule has 0 saturated heterocycles. The molecule has 1 heteroatoms. The summed E-state index contributed by atoms with van der Waals surface area (Å²) in [6.45, 7) is 12.8. The normalized spacial score (nSPS) is 27.8. The molecule has 0 aromatic rings. The number of hydrogen-bond acceptors (Lipinski definition) is 1. The fourth-order valence-corrected chi connectivity index (χ4v) is 1.72. The van der Waals surface area contributed by atoms with Crippen LogP contribution in [0.15, 0.2) is 23.8 Å². The lowest BCUT2D eigenvalue weighted by molar-refractivity contribution is -0.0134. The summed E-state index contributed by atoms with van der Waals surface area (Å²) in [6, 6.07) is 0. The minimum atomic E-state index is -0.704. The summed E-state index contributed by atoms with van der Waals surface area (Å²) in [5.41, 5.74) is 0.514. The van der Waals surface area contributed by atoms with E-state index in [0.29, 0.717) is 0 Å². The summed E-state index contributed by atoms with van der Waals surface area (Å²) in [4.78, 5) is 0. The van der Waals surface area contributed by atoms with E-state index in [2.05, 4.69) is 53.7 Å². The molecule has 0 heterocycles. The van der Waals surface area contributed by atoms with Gasteiger partial charge in [-0.05, 0) is 28.9 Å². The van der Waals surface area contributed by atoms with E-state index in [1.165, 1.54) is 5.57 Å². The molecule has 0 aromatic heterocycles. The molecule has 0 saturated carbocycles. The van der Waals surface area contributed by atoms with Crippen LogP contribution < -0.4 is 0 Å². The molecule has 1 N–H and O–H groups in total. The van der Waals surface area contributed by atoms with Crippen LogP contribution in [0.3, 0.4) is 0 Å². The van der Waals surface area contributed by atoms with Gasteiger partial charge in [-0.15, -0.1) is 0 Å². The Bertz CT molecular complexity index is 296. The first kappa shape index (κ1) is 12.5. The van der Waals surface area contributed by atoms with E-state index < -0.39 is 5.60 Å². The van der Waals surface area contributed by atoms with Crippen LogP contribution in [0.4, 0.5) is 0 Å². The molecular weight excluding hydrogens is 184 g/mol. The maximum atomic E-state index is 10.6. The first-order valence-electron chi connectivity index (χ1n) is 5.68. The van der Waals surface area contributed by atoms with Gasteiger partial charge in [-0.2, -0.15) is 0 Å². The van der Waals surface area contributed by atoms with Crippen LogP contribution in [0.2, 0.25) is 0 Å². The predicted molar refractivity (Wildman–Crippen MR) is 65.7 cm³/mol. The number of rotatable bonds is 0. The smallest absolute Gasteiger partial charge is 0.0915 e. The quantitative estimate of drug-likeness (QED) is 0.643. The van der Waals surface area contributed by atoms with Crippen LogP contribution in [0.5, 0.6) is 0 Å². The van der Waals surface area contributed by atoms with Crippen molar-refractivity contribution in [2.24, 2.45) is 10.8 Å². The average Bonchev–Trinajstić information content (AvgIpc) is 2.00. The highest BCUT2D eigenvalue weighted by Crippen LogP contribution is 2.41. The van der Waals surface area contributed by atoms with Crippen molar-refractivity contribution in [3.05, 3.63) is 23.8 Å². The predicted octanol–water partition coefficient (Wildman–Crippen LogP) is 3.70. The summed E-state index contributed by atoms with van der Waals surface area (Å²) < 4.78 is 0. The summed E-state index contributed by atoms with van der Waals surface area (Å²) in [5, 5.41) is 10.6. The van der Waals surface area contributed by atoms with Crippen LogP contribution in [-0.2, 0) is 0 Å². The minimum absolute atomic E-state index is 0.107. The maximum absolute atomic E-state index is 10.6. The summed E-state index contributed by atoms with van der Waals surface area (Å²) in [6.07, 6.45) is 7.00. The Hall–Kier alpha value is -0.560. The van der Waals surface area contributed by atoms with Gasteiger partial charge in [0.15, 0.2) is 0 Å². The van der Waals surface area contributed by atoms with E-state index in [9.17, 15) is 5.11 Å². The van der Waals surface area contributed by atoms with E-state index in [-0.39, 0.29) is 10.8 Å². The zero-order chi connectivity index (χ0) is 11.9. The molecule has 0 bridgehead atoms. The van der Waals surface area contributed by atoms with Crippen molar-refractivity contribution in [3.63, 3.8) is 0 Å². The summed E-state index contributed by atoms with van der Waals surface area (Å²) >= 11 is 0. The fraction of sp³-hybridized carbons (Fsp3) is 0.714. The molecule has 1 aliphatic rings. The Morgan fingerprint density at radius 3 is 2.07 bits per heavy atom. The molecule has 15 heavy (non-hydrogen) atoms. The maximum Gasteiger partial charge on any atom is 0.0915 e. The van der Waals surface area contributed by atoms with Crippen molar-refractivity contribution in [3.8, 4) is 0 Å². The van der Waals surface area contributed by atoms with Crippen LogP contribution in [0.1, 0.15) is 48.0 Å². The molecule has 86 valence electrons. The van der Waals surface area contributed by atoms with Crippen molar-refractivity contribution in [2.45, 2.75) is 53.6 Å². The zero-order valence-corrected chi connectivity index (χ0v) is 10.9. The monoisotopic (exact) mass is 208 g/mol. The topological polar surface area (TPSA) is 20.2 Å². The number of hydrogen-bond donors (Lipinski definition) is 1. The van der Waals surface area contributed by atoms with Gasteiger partial charge in [-0.1, -0.05) is 53.7 Å². The summed E-state index contributed by atoms with van der Waals surface area (Å²) in [5.74, 6) is 0. The second kappa shape index (κ2) is 3.48. The third kappa shape index (κ3) is 2.52. The van der Waals surface area contributed by atoms with Crippen LogP contribution in [0, 0.1) is 10.8 Å². The van der Waals surface area contributed by atoms with Crippen molar-refractivity contribution in [1.29, 1.82) is 0 Å². The molecule has 1 nitrogen and oxygen atoms in total. The first-order valence-corrected chi connectivity index (χ1v) is 5.68. The van der Waals surface area contributed by atoms with Gasteiger partial charge in [0.25, 0.3) is 0 Å². The SMILES string of the molecule is CC(C)(C)C1=CC(O)(C(C)(C)C)CC=C1. The minimum Gasteiger partial charge on any atom is -0.385 e. The molecule has 1 unspecified atom stereocenters. The Morgan fingerprint density at radius 2 is 1.67 bits per heavy atom. The zero-order valence-electron chi connectivity index (χ0n) is 10.9. The lowest BCUT2D eigenvalue weighted by Gasteiger charge is -2.41. The second-order valence-corrected chi connectivity index (χ2v) is 6.63. The van der Waals surface area contributed by atoms with Crippen molar-refractivity contribution in [2.75, 3.05) is 0 Å². The highest BCUT2D eigenvalue weighted by atomic mass is 16.3. The highest BCUT2D eigenvalue weighted by Gasteiger charge is 2.39. The van der Waals surface area contributed by atoms with E-state index in [0.717, 1.165) is 6.42 Å². The van der Waals surface area contributed by atoms with Crippen LogP contribution in [-0.4, -0.2) is 10.7 Å². The second-order valence-electron chi connectivity index (χ2n) is 6.63. The lowest BCUT2D eigenvalue weighted by atomic mass is 9.69. The van der Waals surface area contributed by atoms with Gasteiger partial charge in [0.05, 0.1) is 5.60 Å². The standard InChI is InChI=1S/C14H24O/c1-12(2,3)11-8-7-9-14(15,10-11)13(4,5)6/h7-8,10,15H,9H2,1-6H3. The van der Waals surface area contributed by atoms with Gasteiger partial charge in [-0.25, -0.2) is 0 Å². The Labute approximate surface area is 93.9 Å². The molecular formula is C14H24O. The lowest BCUT2D eigenvalue weighted by Crippen LogP contribution is -2.42. The molecule has 0 fully saturated rings. The molecule has 0 aromatic carbocycles. The number of allylic oxidation sites excluding steroid dienone is 2. The fourth-order valence-electron chi connectivity index (χ4n) is 1.72. The van der Waals surface area contributed by atoms with Crippen LogP contribution >= 0.6 is 0 Å². The summed E-state index contributed by atoms with van der Waals surface area (Å²) in [7, 11) is 0.